The van der Waals surface area contributed by atoms with Crippen LogP contribution in [0, 0.1) is 6.20 Å². The van der Waals surface area contributed by atoms with Crippen LogP contribution in [0.3, 0.4) is 0 Å². The molecule has 1 heterocycles. The van der Waals surface area contributed by atoms with E-state index < -0.39 is 0 Å². The Kier molecular flexibility index (Phi) is 2.05. The van der Waals surface area contributed by atoms with E-state index in [0.29, 0.717) is 5.19 Å². The first-order valence-electron chi connectivity index (χ1n) is 2.77. The van der Waals surface area contributed by atoms with Gasteiger partial charge in [-0.15, -0.1) is 0 Å². The molecule has 1 radical (unpaired) electrons. The van der Waals surface area contributed by atoms with Crippen LogP contribution in [0.4, 0.5) is 0 Å². The average Bonchev–Trinajstić information content (AvgIpc) is 2.15. The Morgan fingerprint density at radius 3 is 3.00 bits per heavy atom. The quantitative estimate of drug-likeness (QED) is 0.627. The molecule has 0 aliphatic heterocycles. The zero-order chi connectivity index (χ0) is 6.69. The van der Waals surface area contributed by atoms with Gasteiger partial charge < -0.3 is 4.74 Å². The molecule has 1 aromatic heterocycles. The number of aromatic nitrogens is 1. The third-order valence-corrected chi connectivity index (χ3v) is 1.32. The maximum absolute atomic E-state index is 5.23. The van der Waals surface area contributed by atoms with Gasteiger partial charge in [-0.3, -0.25) is 0 Å². The molecule has 0 saturated heterocycles. The van der Waals surface area contributed by atoms with Gasteiger partial charge in [-0.05, 0) is 13.8 Å². The van der Waals surface area contributed by atoms with Crippen molar-refractivity contribution in [3.63, 3.8) is 0 Å². The summed E-state index contributed by atoms with van der Waals surface area (Å²) in [4.78, 5) is 3.83. The van der Waals surface area contributed by atoms with Crippen molar-refractivity contribution < 1.29 is 4.74 Å². The van der Waals surface area contributed by atoms with Crippen molar-refractivity contribution in [2.45, 2.75) is 20.0 Å². The largest absolute Gasteiger partial charge is 0.467 e. The van der Waals surface area contributed by atoms with Crippen molar-refractivity contribution >= 4 is 11.3 Å². The summed E-state index contributed by atoms with van der Waals surface area (Å²) in [5.41, 5.74) is 0. The summed E-state index contributed by atoms with van der Waals surface area (Å²) < 4.78 is 5.23. The van der Waals surface area contributed by atoms with Crippen LogP contribution >= 0.6 is 11.3 Å². The molecule has 0 bridgehead atoms. The molecule has 0 atom stereocenters. The minimum absolute atomic E-state index is 0.213. The van der Waals surface area contributed by atoms with Gasteiger partial charge in [0.05, 0.1) is 6.10 Å². The molecular weight excluding hydrogens is 134 g/mol. The van der Waals surface area contributed by atoms with Crippen molar-refractivity contribution in [1.29, 1.82) is 0 Å². The molecule has 0 N–H and O–H groups in total. The van der Waals surface area contributed by atoms with Crippen LogP contribution in [0.5, 0.6) is 5.19 Å². The Morgan fingerprint density at radius 1 is 1.78 bits per heavy atom. The highest BCUT2D eigenvalue weighted by Crippen LogP contribution is 2.14. The van der Waals surface area contributed by atoms with Crippen molar-refractivity contribution in [2.75, 3.05) is 0 Å². The summed E-state index contributed by atoms with van der Waals surface area (Å²) in [5, 5.41) is 2.47. The Hall–Kier alpha value is -0.570. The summed E-state index contributed by atoms with van der Waals surface area (Å²) in [7, 11) is 0. The van der Waals surface area contributed by atoms with E-state index in [2.05, 4.69) is 11.2 Å². The van der Waals surface area contributed by atoms with Crippen LogP contribution in [0.1, 0.15) is 13.8 Å². The molecule has 0 unspecified atom stereocenters. The van der Waals surface area contributed by atoms with E-state index in [1.165, 1.54) is 11.3 Å². The number of thiazole rings is 1. The Bertz CT molecular complexity index is 160. The monoisotopic (exact) mass is 142 g/mol. The van der Waals surface area contributed by atoms with Crippen LogP contribution in [-0.2, 0) is 0 Å². The summed E-state index contributed by atoms with van der Waals surface area (Å²) in [6.45, 7) is 3.95. The third-order valence-electron chi connectivity index (χ3n) is 0.705. The molecule has 0 aromatic carbocycles. The van der Waals surface area contributed by atoms with Crippen LogP contribution in [-0.4, -0.2) is 11.1 Å². The van der Waals surface area contributed by atoms with Crippen LogP contribution in [0.25, 0.3) is 0 Å². The lowest BCUT2D eigenvalue weighted by Crippen LogP contribution is -2.04. The van der Waals surface area contributed by atoms with Gasteiger partial charge in [0.15, 0.2) is 0 Å². The van der Waals surface area contributed by atoms with E-state index in [1.54, 1.807) is 5.38 Å². The van der Waals surface area contributed by atoms with E-state index in [4.69, 9.17) is 4.74 Å². The maximum Gasteiger partial charge on any atom is 0.274 e. The Labute approximate surface area is 58.5 Å². The van der Waals surface area contributed by atoms with E-state index in [1.807, 2.05) is 13.8 Å². The van der Waals surface area contributed by atoms with Gasteiger partial charge in [0.2, 0.25) is 0 Å². The highest BCUT2D eigenvalue weighted by molar-refractivity contribution is 7.11. The first kappa shape index (κ1) is 6.55. The minimum atomic E-state index is 0.213. The van der Waals surface area contributed by atoms with Gasteiger partial charge in [0, 0.05) is 5.38 Å². The van der Waals surface area contributed by atoms with Crippen molar-refractivity contribution in [1.82, 2.24) is 4.98 Å². The Balaban J connectivity index is 2.48. The molecule has 0 saturated carbocycles. The maximum atomic E-state index is 5.23. The lowest BCUT2D eigenvalue weighted by Gasteiger charge is -2.03. The van der Waals surface area contributed by atoms with Crippen molar-refractivity contribution in [3.05, 3.63) is 11.6 Å². The number of nitrogens with zero attached hydrogens (tertiary/aromatic N) is 1. The van der Waals surface area contributed by atoms with Crippen LogP contribution < -0.4 is 4.74 Å². The van der Waals surface area contributed by atoms with Gasteiger partial charge in [0.1, 0.15) is 6.20 Å². The smallest absolute Gasteiger partial charge is 0.274 e. The highest BCUT2D eigenvalue weighted by atomic mass is 32.1. The molecular formula is C6H8NOS. The molecule has 2 nitrogen and oxygen atoms in total. The summed E-state index contributed by atoms with van der Waals surface area (Å²) in [5.74, 6) is 0. The molecule has 3 heteroatoms. The fraction of sp³-hybridized carbons (Fsp3) is 0.500. The number of ether oxygens (including phenoxy) is 1. The second-order valence-electron chi connectivity index (χ2n) is 1.91. The number of hydrogen-bond acceptors (Lipinski definition) is 3. The molecule has 49 valence electrons. The fourth-order valence-corrected chi connectivity index (χ4v) is 0.998. The van der Waals surface area contributed by atoms with Crippen molar-refractivity contribution in [2.24, 2.45) is 0 Å². The number of rotatable bonds is 2. The highest BCUT2D eigenvalue weighted by Gasteiger charge is 1.97. The standard InChI is InChI=1S/C6H8NOS/c1-5(2)8-6-7-3-4-9-6/h4-5H,1-2H3. The summed E-state index contributed by atoms with van der Waals surface area (Å²) >= 11 is 1.46. The molecule has 1 rings (SSSR count). The van der Waals surface area contributed by atoms with E-state index in [9.17, 15) is 0 Å². The predicted molar refractivity (Wildman–Crippen MR) is 36.7 cm³/mol. The predicted octanol–water partition coefficient (Wildman–Crippen LogP) is 1.73. The normalized spacial score (nSPS) is 10.1. The van der Waals surface area contributed by atoms with E-state index in [0.717, 1.165) is 0 Å². The minimum Gasteiger partial charge on any atom is -0.467 e. The van der Waals surface area contributed by atoms with E-state index >= 15 is 0 Å². The van der Waals surface area contributed by atoms with Gasteiger partial charge >= 0.3 is 0 Å². The molecule has 0 fully saturated rings. The molecule has 0 aliphatic rings. The molecule has 0 spiro atoms. The summed E-state index contributed by atoms with van der Waals surface area (Å²) in [6.07, 6.45) is 2.89. The molecule has 0 amide bonds. The first-order chi connectivity index (χ1) is 4.29. The second-order valence-corrected chi connectivity index (χ2v) is 2.73. The van der Waals surface area contributed by atoms with E-state index in [-0.39, 0.29) is 6.10 Å². The lowest BCUT2D eigenvalue weighted by atomic mass is 10.5. The third kappa shape index (κ3) is 2.01. The van der Waals surface area contributed by atoms with Gasteiger partial charge in [-0.1, -0.05) is 11.3 Å². The van der Waals surface area contributed by atoms with Gasteiger partial charge in [0.25, 0.3) is 5.19 Å². The van der Waals surface area contributed by atoms with Gasteiger partial charge in [-0.25, -0.2) is 4.98 Å². The lowest BCUT2D eigenvalue weighted by molar-refractivity contribution is 0.241. The zero-order valence-electron chi connectivity index (χ0n) is 5.42. The fourth-order valence-electron chi connectivity index (χ4n) is 0.438. The topological polar surface area (TPSA) is 22.1 Å². The second kappa shape index (κ2) is 2.82. The SMILES string of the molecule is CC(C)Oc1n[c]cs1. The van der Waals surface area contributed by atoms with Crippen molar-refractivity contribution in [3.8, 4) is 5.19 Å². The van der Waals surface area contributed by atoms with Crippen LogP contribution in [0.15, 0.2) is 5.38 Å². The average molecular weight is 142 g/mol. The molecule has 9 heavy (non-hydrogen) atoms. The van der Waals surface area contributed by atoms with Gasteiger partial charge in [-0.2, -0.15) is 0 Å². The Morgan fingerprint density at radius 2 is 2.56 bits per heavy atom. The zero-order valence-corrected chi connectivity index (χ0v) is 6.23. The number of hydrogen-bond donors (Lipinski definition) is 0. The van der Waals surface area contributed by atoms with Crippen LogP contribution in [0.2, 0.25) is 0 Å². The molecule has 1 aromatic rings. The molecule has 0 aliphatic carbocycles. The summed E-state index contributed by atoms with van der Waals surface area (Å²) in [6, 6.07) is 0. The first-order valence-corrected chi connectivity index (χ1v) is 3.65.